The molecule has 2 aromatic rings. The fourth-order valence-electron chi connectivity index (χ4n) is 2.93. The number of ether oxygens (including phenoxy) is 1. The van der Waals surface area contributed by atoms with Crippen molar-refractivity contribution in [2.45, 2.75) is 26.3 Å². The minimum absolute atomic E-state index is 0.129. The molecule has 2 N–H and O–H groups in total. The molecule has 3 heterocycles. The maximum absolute atomic E-state index is 13.0. The van der Waals surface area contributed by atoms with Gasteiger partial charge in [-0.1, -0.05) is 6.92 Å². The van der Waals surface area contributed by atoms with Gasteiger partial charge < -0.3 is 19.8 Å². The van der Waals surface area contributed by atoms with Crippen molar-refractivity contribution in [3.05, 3.63) is 34.9 Å². The van der Waals surface area contributed by atoms with Crippen molar-refractivity contribution in [3.8, 4) is 0 Å². The lowest BCUT2D eigenvalue weighted by Gasteiger charge is -2.34. The average molecular weight is 318 g/mol. The summed E-state index contributed by atoms with van der Waals surface area (Å²) in [6.45, 7) is 5.24. The Hall–Kier alpha value is -2.28. The summed E-state index contributed by atoms with van der Waals surface area (Å²) in [5, 5.41) is 4.23. The number of carbonyl (C=O) groups excluding carboxylic acids is 1. The summed E-state index contributed by atoms with van der Waals surface area (Å²) in [5.74, 6) is 1.90. The molecule has 1 amide bonds. The molecule has 2 aromatic heterocycles. The molecule has 0 aromatic carbocycles. The van der Waals surface area contributed by atoms with Crippen LogP contribution in [0.4, 0.5) is 5.82 Å². The van der Waals surface area contributed by atoms with E-state index in [2.05, 4.69) is 5.10 Å². The molecular weight excluding hydrogens is 296 g/mol. The minimum Gasteiger partial charge on any atom is -0.464 e. The Labute approximate surface area is 135 Å². The van der Waals surface area contributed by atoms with E-state index in [1.165, 1.54) is 4.68 Å². The maximum Gasteiger partial charge on any atom is 0.260 e. The highest BCUT2D eigenvalue weighted by molar-refractivity contribution is 5.99. The Bertz CT molecular complexity index is 719. The van der Waals surface area contributed by atoms with Crippen LogP contribution in [0.15, 0.2) is 16.5 Å². The third-order valence-electron chi connectivity index (χ3n) is 4.23. The van der Waals surface area contributed by atoms with Crippen LogP contribution in [0.5, 0.6) is 0 Å². The predicted octanol–water partition coefficient (Wildman–Crippen LogP) is 1.68. The summed E-state index contributed by atoms with van der Waals surface area (Å²) in [6, 6.07) is 3.62. The molecule has 1 aliphatic rings. The number of hydrogen-bond donors (Lipinski definition) is 1. The smallest absolute Gasteiger partial charge is 0.260 e. The second-order valence-corrected chi connectivity index (χ2v) is 5.72. The second-order valence-electron chi connectivity index (χ2n) is 5.72. The van der Waals surface area contributed by atoms with Gasteiger partial charge in [0.1, 0.15) is 28.9 Å². The lowest BCUT2D eigenvalue weighted by atomic mass is 10.1. The van der Waals surface area contributed by atoms with Crippen molar-refractivity contribution < 1.29 is 13.9 Å². The van der Waals surface area contributed by atoms with Gasteiger partial charge in [-0.15, -0.1) is 0 Å². The summed E-state index contributed by atoms with van der Waals surface area (Å²) >= 11 is 0. The SMILES string of the molecule is CCc1ccc(C2COCCN2C(=O)c2c(C)nn(C)c2N)o1. The van der Waals surface area contributed by atoms with Crippen molar-refractivity contribution in [3.63, 3.8) is 0 Å². The summed E-state index contributed by atoms with van der Waals surface area (Å²) in [5.41, 5.74) is 7.11. The van der Waals surface area contributed by atoms with Crippen molar-refractivity contribution in [1.29, 1.82) is 0 Å². The minimum atomic E-state index is -0.240. The molecule has 0 saturated carbocycles. The van der Waals surface area contributed by atoms with E-state index in [9.17, 15) is 4.79 Å². The molecule has 7 nitrogen and oxygen atoms in total. The normalized spacial score (nSPS) is 18.4. The van der Waals surface area contributed by atoms with Gasteiger partial charge in [0.2, 0.25) is 0 Å². The molecule has 0 aliphatic carbocycles. The quantitative estimate of drug-likeness (QED) is 0.930. The number of rotatable bonds is 3. The van der Waals surface area contributed by atoms with Crippen molar-refractivity contribution in [2.75, 3.05) is 25.5 Å². The molecular formula is C16H22N4O3. The van der Waals surface area contributed by atoms with Gasteiger partial charge in [0.15, 0.2) is 0 Å². The number of nitrogen functional groups attached to an aromatic ring is 1. The number of anilines is 1. The zero-order chi connectivity index (χ0) is 16.6. The predicted molar refractivity (Wildman–Crippen MR) is 85.0 cm³/mol. The highest BCUT2D eigenvalue weighted by Crippen LogP contribution is 2.29. The first-order valence-electron chi connectivity index (χ1n) is 7.79. The molecule has 1 aliphatic heterocycles. The number of nitrogens with two attached hydrogens (primary N) is 1. The van der Waals surface area contributed by atoms with Crippen LogP contribution in [0.2, 0.25) is 0 Å². The first kappa shape index (κ1) is 15.6. The molecule has 1 unspecified atom stereocenters. The van der Waals surface area contributed by atoms with Gasteiger partial charge in [-0.25, -0.2) is 0 Å². The van der Waals surface area contributed by atoms with E-state index in [-0.39, 0.29) is 11.9 Å². The molecule has 3 rings (SSSR count). The van der Waals surface area contributed by atoms with Crippen LogP contribution in [-0.2, 0) is 18.2 Å². The van der Waals surface area contributed by atoms with E-state index < -0.39 is 0 Å². The number of aromatic nitrogens is 2. The number of hydrogen-bond acceptors (Lipinski definition) is 5. The number of nitrogens with zero attached hydrogens (tertiary/aromatic N) is 3. The fraction of sp³-hybridized carbons (Fsp3) is 0.500. The highest BCUT2D eigenvalue weighted by Gasteiger charge is 2.34. The number of carbonyl (C=O) groups is 1. The van der Waals surface area contributed by atoms with Crippen LogP contribution in [0, 0.1) is 6.92 Å². The number of morpholine rings is 1. The average Bonchev–Trinajstić information content (AvgIpc) is 3.12. The van der Waals surface area contributed by atoms with Gasteiger partial charge in [-0.05, 0) is 19.1 Å². The standard InChI is InChI=1S/C16H22N4O3/c1-4-11-5-6-13(23-11)12-9-22-8-7-20(12)16(21)14-10(2)18-19(3)15(14)17/h5-6,12H,4,7-9,17H2,1-3H3. The number of furan rings is 1. The van der Waals surface area contributed by atoms with Crippen LogP contribution in [0.3, 0.4) is 0 Å². The van der Waals surface area contributed by atoms with E-state index >= 15 is 0 Å². The topological polar surface area (TPSA) is 86.5 Å². The van der Waals surface area contributed by atoms with E-state index in [0.717, 1.165) is 17.9 Å². The van der Waals surface area contributed by atoms with Crippen molar-refractivity contribution in [1.82, 2.24) is 14.7 Å². The number of aryl methyl sites for hydroxylation is 3. The summed E-state index contributed by atoms with van der Waals surface area (Å²) in [6.07, 6.45) is 0.816. The van der Waals surface area contributed by atoms with Crippen LogP contribution in [0.25, 0.3) is 0 Å². The monoisotopic (exact) mass is 318 g/mol. The van der Waals surface area contributed by atoms with Crippen LogP contribution in [-0.4, -0.2) is 40.3 Å². The molecule has 1 atom stereocenters. The Morgan fingerprint density at radius 3 is 2.87 bits per heavy atom. The number of amides is 1. The van der Waals surface area contributed by atoms with Gasteiger partial charge in [-0.3, -0.25) is 9.48 Å². The molecule has 1 fully saturated rings. The van der Waals surface area contributed by atoms with E-state index in [4.69, 9.17) is 14.9 Å². The molecule has 1 saturated heterocycles. The Morgan fingerprint density at radius 1 is 1.48 bits per heavy atom. The second kappa shape index (κ2) is 6.08. The third-order valence-corrected chi connectivity index (χ3v) is 4.23. The van der Waals surface area contributed by atoms with Gasteiger partial charge in [-0.2, -0.15) is 5.10 Å². The Morgan fingerprint density at radius 2 is 2.26 bits per heavy atom. The molecule has 0 bridgehead atoms. The summed E-state index contributed by atoms with van der Waals surface area (Å²) in [7, 11) is 1.73. The van der Waals surface area contributed by atoms with E-state index in [0.29, 0.717) is 36.8 Å². The van der Waals surface area contributed by atoms with Gasteiger partial charge in [0.25, 0.3) is 5.91 Å². The zero-order valence-corrected chi connectivity index (χ0v) is 13.7. The van der Waals surface area contributed by atoms with Gasteiger partial charge in [0, 0.05) is 20.0 Å². The van der Waals surface area contributed by atoms with Gasteiger partial charge >= 0.3 is 0 Å². The van der Waals surface area contributed by atoms with E-state index in [1.807, 2.05) is 19.1 Å². The first-order chi connectivity index (χ1) is 11.0. The lowest BCUT2D eigenvalue weighted by Crippen LogP contribution is -2.43. The molecule has 7 heteroatoms. The zero-order valence-electron chi connectivity index (χ0n) is 13.7. The summed E-state index contributed by atoms with van der Waals surface area (Å²) < 4.78 is 12.9. The molecule has 23 heavy (non-hydrogen) atoms. The highest BCUT2D eigenvalue weighted by atomic mass is 16.5. The van der Waals surface area contributed by atoms with Crippen molar-refractivity contribution >= 4 is 11.7 Å². The third kappa shape index (κ3) is 2.72. The lowest BCUT2D eigenvalue weighted by molar-refractivity contribution is -0.00900. The van der Waals surface area contributed by atoms with Crippen LogP contribution < -0.4 is 5.73 Å². The summed E-state index contributed by atoms with van der Waals surface area (Å²) in [4.78, 5) is 14.8. The maximum atomic E-state index is 13.0. The molecule has 0 spiro atoms. The largest absolute Gasteiger partial charge is 0.464 e. The first-order valence-corrected chi connectivity index (χ1v) is 7.79. The van der Waals surface area contributed by atoms with Crippen LogP contribution in [0.1, 0.15) is 40.5 Å². The Kier molecular flexibility index (Phi) is 4.12. The molecule has 0 radical (unpaired) electrons. The van der Waals surface area contributed by atoms with E-state index in [1.54, 1.807) is 18.9 Å². The fourth-order valence-corrected chi connectivity index (χ4v) is 2.93. The van der Waals surface area contributed by atoms with Crippen molar-refractivity contribution in [2.24, 2.45) is 7.05 Å². The Balaban J connectivity index is 1.93. The molecule has 124 valence electrons. The van der Waals surface area contributed by atoms with Gasteiger partial charge in [0.05, 0.1) is 18.9 Å². The van der Waals surface area contributed by atoms with Crippen LogP contribution >= 0.6 is 0 Å².